The van der Waals surface area contributed by atoms with Crippen molar-refractivity contribution in [3.05, 3.63) is 48.0 Å². The molecule has 2 aliphatic heterocycles. The summed E-state index contributed by atoms with van der Waals surface area (Å²) >= 11 is 1.58. The van der Waals surface area contributed by atoms with Gasteiger partial charge in [-0.25, -0.2) is 4.98 Å². The third-order valence-corrected chi connectivity index (χ3v) is 7.30. The number of fused-ring (bicyclic) bond motifs is 1. The molecule has 0 aliphatic carbocycles. The van der Waals surface area contributed by atoms with Gasteiger partial charge >= 0.3 is 6.18 Å². The predicted molar refractivity (Wildman–Crippen MR) is 122 cm³/mol. The molecule has 1 aromatic heterocycles. The van der Waals surface area contributed by atoms with Crippen molar-refractivity contribution in [2.45, 2.75) is 6.18 Å². The summed E-state index contributed by atoms with van der Waals surface area (Å²) in [5, 5.41) is 0.882. The molecule has 3 heterocycles. The van der Waals surface area contributed by atoms with Crippen LogP contribution < -0.4 is 14.5 Å². The Labute approximate surface area is 193 Å². The fraction of sp³-hybridized carbons (Fsp3) is 0.391. The normalized spacial score (nSPS) is 17.4. The van der Waals surface area contributed by atoms with Gasteiger partial charge in [0.1, 0.15) is 11.3 Å². The summed E-state index contributed by atoms with van der Waals surface area (Å²) in [6, 6.07) is 11.2. The first kappa shape index (κ1) is 21.8. The van der Waals surface area contributed by atoms with Crippen LogP contribution >= 0.6 is 11.3 Å². The fourth-order valence-electron chi connectivity index (χ4n) is 4.32. The average molecular weight is 477 g/mol. The third-order valence-electron chi connectivity index (χ3n) is 6.22. The summed E-state index contributed by atoms with van der Waals surface area (Å²) in [5.74, 6) is 0.759. The van der Waals surface area contributed by atoms with E-state index in [0.717, 1.165) is 27.2 Å². The van der Waals surface area contributed by atoms with Gasteiger partial charge in [0.25, 0.3) is 0 Å². The molecule has 3 aromatic rings. The fourth-order valence-corrected chi connectivity index (χ4v) is 5.33. The molecule has 0 N–H and O–H groups in total. The molecule has 174 valence electrons. The predicted octanol–water partition coefficient (Wildman–Crippen LogP) is 4.11. The highest BCUT2D eigenvalue weighted by Gasteiger charge is 2.38. The maximum absolute atomic E-state index is 13.0. The van der Waals surface area contributed by atoms with Crippen LogP contribution in [0.25, 0.3) is 10.2 Å². The third kappa shape index (κ3) is 4.19. The van der Waals surface area contributed by atoms with Crippen molar-refractivity contribution in [2.24, 2.45) is 5.92 Å². The molecule has 6 nitrogen and oxygen atoms in total. The number of nitrogens with zero attached hydrogens (tertiary/aromatic N) is 4. The van der Waals surface area contributed by atoms with Gasteiger partial charge in [-0.3, -0.25) is 4.79 Å². The van der Waals surface area contributed by atoms with Crippen molar-refractivity contribution in [1.82, 2.24) is 9.88 Å². The molecule has 2 fully saturated rings. The number of anilines is 2. The van der Waals surface area contributed by atoms with Crippen LogP contribution in [0.4, 0.5) is 24.0 Å². The van der Waals surface area contributed by atoms with Crippen LogP contribution in [0, 0.1) is 5.92 Å². The molecule has 33 heavy (non-hydrogen) atoms. The molecule has 1 amide bonds. The minimum absolute atomic E-state index is 0.0842. The number of alkyl halides is 3. The number of benzene rings is 2. The molecule has 0 saturated carbocycles. The molecule has 0 unspecified atom stereocenters. The van der Waals surface area contributed by atoms with Crippen LogP contribution in [0.2, 0.25) is 0 Å². The van der Waals surface area contributed by atoms with E-state index < -0.39 is 11.7 Å². The van der Waals surface area contributed by atoms with Crippen molar-refractivity contribution in [3.8, 4) is 5.75 Å². The number of amides is 1. The quantitative estimate of drug-likeness (QED) is 0.567. The zero-order valence-electron chi connectivity index (χ0n) is 18.0. The lowest BCUT2D eigenvalue weighted by atomic mass is 9.99. The summed E-state index contributed by atoms with van der Waals surface area (Å²) in [6.07, 6.45) is -4.36. The number of hydrogen-bond donors (Lipinski definition) is 0. The largest absolute Gasteiger partial charge is 0.494 e. The highest BCUT2D eigenvalue weighted by Crippen LogP contribution is 2.37. The lowest BCUT2D eigenvalue weighted by Gasteiger charge is -2.43. The van der Waals surface area contributed by atoms with Gasteiger partial charge in [-0.2, -0.15) is 13.2 Å². The van der Waals surface area contributed by atoms with Gasteiger partial charge < -0.3 is 19.4 Å². The summed E-state index contributed by atoms with van der Waals surface area (Å²) in [4.78, 5) is 23.5. The first-order valence-electron chi connectivity index (χ1n) is 10.7. The topological polar surface area (TPSA) is 48.9 Å². The second kappa shape index (κ2) is 8.40. The second-order valence-corrected chi connectivity index (χ2v) is 9.27. The van der Waals surface area contributed by atoms with Crippen molar-refractivity contribution in [3.63, 3.8) is 0 Å². The lowest BCUT2D eigenvalue weighted by molar-refractivity contribution is -0.137. The zero-order chi connectivity index (χ0) is 23.2. The Bertz CT molecular complexity index is 1170. The first-order chi connectivity index (χ1) is 15.8. The summed E-state index contributed by atoms with van der Waals surface area (Å²) < 4.78 is 45.4. The standard InChI is InChI=1S/C23H23F3N4O2S/c1-32-18-6-3-7-19-20(18)27-22(33-19)30-13-15(14-30)21(31)29-10-8-28(9-11-29)17-5-2-4-16(12-17)23(24,25)26/h2-7,12,15H,8-11,13-14H2,1H3. The van der Waals surface area contributed by atoms with E-state index in [2.05, 4.69) is 9.88 Å². The molecule has 2 aliphatic rings. The van der Waals surface area contributed by atoms with E-state index >= 15 is 0 Å². The number of ether oxygens (including phenoxy) is 1. The van der Waals surface area contributed by atoms with Crippen LogP contribution in [-0.4, -0.2) is 62.2 Å². The summed E-state index contributed by atoms with van der Waals surface area (Å²) in [5.41, 5.74) is 0.721. The summed E-state index contributed by atoms with van der Waals surface area (Å²) in [7, 11) is 1.62. The van der Waals surface area contributed by atoms with Crippen molar-refractivity contribution in [2.75, 3.05) is 56.2 Å². The number of halogens is 3. The smallest absolute Gasteiger partial charge is 0.416 e. The number of rotatable bonds is 4. The Hall–Kier alpha value is -3.01. The highest BCUT2D eigenvalue weighted by molar-refractivity contribution is 7.22. The number of carbonyl (C=O) groups excluding carboxylic acids is 1. The molecule has 2 aromatic carbocycles. The Morgan fingerprint density at radius 1 is 1.06 bits per heavy atom. The van der Waals surface area contributed by atoms with Crippen molar-refractivity contribution >= 4 is 38.3 Å². The second-order valence-electron chi connectivity index (χ2n) is 8.27. The molecule has 10 heteroatoms. The van der Waals surface area contributed by atoms with Crippen molar-refractivity contribution in [1.29, 1.82) is 0 Å². The molecule has 2 saturated heterocycles. The van der Waals surface area contributed by atoms with E-state index in [1.54, 1.807) is 24.5 Å². The number of methoxy groups -OCH3 is 1. The van der Waals surface area contributed by atoms with E-state index in [-0.39, 0.29) is 11.8 Å². The van der Waals surface area contributed by atoms with Crippen molar-refractivity contribution < 1.29 is 22.7 Å². The van der Waals surface area contributed by atoms with Crippen LogP contribution in [0.1, 0.15) is 5.56 Å². The number of para-hydroxylation sites is 1. The SMILES string of the molecule is COc1cccc2sc(N3CC(C(=O)N4CCN(c5cccc(C(F)(F)F)c5)CC4)C3)nc12. The monoisotopic (exact) mass is 476 g/mol. The Kier molecular flexibility index (Phi) is 5.55. The molecular weight excluding hydrogens is 453 g/mol. The Morgan fingerprint density at radius 3 is 2.48 bits per heavy atom. The van der Waals surface area contributed by atoms with Crippen LogP contribution in [0.15, 0.2) is 42.5 Å². The van der Waals surface area contributed by atoms with Gasteiger partial charge in [-0.15, -0.1) is 0 Å². The number of carbonyl (C=O) groups is 1. The zero-order valence-corrected chi connectivity index (χ0v) is 18.8. The van der Waals surface area contributed by atoms with Gasteiger partial charge in [0.15, 0.2) is 5.13 Å². The lowest BCUT2D eigenvalue weighted by Crippen LogP contribution is -2.58. The number of hydrogen-bond acceptors (Lipinski definition) is 6. The number of thiazole rings is 1. The van der Waals surface area contributed by atoms with E-state index in [0.29, 0.717) is 45.0 Å². The highest BCUT2D eigenvalue weighted by atomic mass is 32.1. The van der Waals surface area contributed by atoms with E-state index in [1.165, 1.54) is 12.1 Å². The first-order valence-corrected chi connectivity index (χ1v) is 11.5. The number of piperazine rings is 1. The molecule has 0 bridgehead atoms. The molecule has 0 atom stereocenters. The van der Waals surface area contributed by atoms with Crippen LogP contribution in [-0.2, 0) is 11.0 Å². The van der Waals surface area contributed by atoms with E-state index in [9.17, 15) is 18.0 Å². The minimum Gasteiger partial charge on any atom is -0.494 e. The molecule has 0 spiro atoms. The Balaban J connectivity index is 1.17. The molecular formula is C23H23F3N4O2S. The van der Waals surface area contributed by atoms with E-state index in [1.807, 2.05) is 28.0 Å². The number of aromatic nitrogens is 1. The van der Waals surface area contributed by atoms with Gasteiger partial charge in [0.05, 0.1) is 23.3 Å². The Morgan fingerprint density at radius 2 is 1.79 bits per heavy atom. The maximum atomic E-state index is 13.0. The summed E-state index contributed by atoms with van der Waals surface area (Å²) in [6.45, 7) is 3.28. The maximum Gasteiger partial charge on any atom is 0.416 e. The molecule has 0 radical (unpaired) electrons. The minimum atomic E-state index is -4.36. The molecule has 5 rings (SSSR count). The van der Waals surface area contributed by atoms with E-state index in [4.69, 9.17) is 4.74 Å². The van der Waals surface area contributed by atoms with Crippen LogP contribution in [0.5, 0.6) is 5.75 Å². The van der Waals surface area contributed by atoms with Gasteiger partial charge in [0.2, 0.25) is 5.91 Å². The van der Waals surface area contributed by atoms with Crippen LogP contribution in [0.3, 0.4) is 0 Å². The van der Waals surface area contributed by atoms with Gasteiger partial charge in [-0.05, 0) is 30.3 Å². The van der Waals surface area contributed by atoms with Gasteiger partial charge in [0, 0.05) is 45.0 Å². The van der Waals surface area contributed by atoms with Gasteiger partial charge in [-0.1, -0.05) is 23.5 Å². The average Bonchev–Trinajstić information content (AvgIpc) is 3.21.